The number of nitrogens with zero attached hydrogens (tertiary/aromatic N) is 2. The summed E-state index contributed by atoms with van der Waals surface area (Å²) in [6.07, 6.45) is 0.742. The Balaban J connectivity index is 1.52. The Kier molecular flexibility index (Phi) is 7.92. The molecule has 1 aliphatic heterocycles. The normalized spacial score (nSPS) is 15.3. The van der Waals surface area contributed by atoms with Gasteiger partial charge in [0.1, 0.15) is 0 Å². The van der Waals surface area contributed by atoms with Crippen LogP contribution < -0.4 is 0 Å². The maximum absolute atomic E-state index is 13.2. The molecule has 0 unspecified atom stereocenters. The van der Waals surface area contributed by atoms with Crippen molar-refractivity contribution in [3.8, 4) is 0 Å². The third-order valence-corrected chi connectivity index (χ3v) is 8.22. The molecule has 1 fully saturated rings. The summed E-state index contributed by atoms with van der Waals surface area (Å²) in [4.78, 5) is 26.7. The van der Waals surface area contributed by atoms with E-state index in [0.717, 1.165) is 22.3 Å². The minimum Gasteiger partial charge on any atom is -0.455 e. The number of sulfonamides is 1. The molecule has 0 bridgehead atoms. The van der Waals surface area contributed by atoms with Gasteiger partial charge in [-0.15, -0.1) is 0 Å². The van der Waals surface area contributed by atoms with E-state index in [0.29, 0.717) is 24.3 Å². The predicted octanol–water partition coefficient (Wildman–Crippen LogP) is 3.21. The summed E-state index contributed by atoms with van der Waals surface area (Å²) in [6.45, 7) is 6.17. The predicted molar refractivity (Wildman–Crippen MR) is 126 cm³/mol. The first-order valence-electron chi connectivity index (χ1n) is 11.1. The molecule has 0 saturated carbocycles. The number of carbonyl (C=O) groups excluding carboxylic acids is 2. The number of ether oxygens (including phenoxy) is 1. The zero-order valence-electron chi connectivity index (χ0n) is 19.7. The Morgan fingerprint density at radius 2 is 1.61 bits per heavy atom. The Bertz CT molecular complexity index is 1080. The Morgan fingerprint density at radius 1 is 1.03 bits per heavy atom. The molecule has 2 aromatic carbocycles. The van der Waals surface area contributed by atoms with E-state index in [1.54, 1.807) is 7.05 Å². The van der Waals surface area contributed by atoms with E-state index in [9.17, 15) is 18.0 Å². The molecule has 0 aliphatic carbocycles. The minimum absolute atomic E-state index is 0.247. The largest absolute Gasteiger partial charge is 0.455 e. The molecule has 2 aromatic rings. The van der Waals surface area contributed by atoms with Crippen molar-refractivity contribution in [1.82, 2.24) is 9.21 Å². The molecular weight excluding hydrogens is 440 g/mol. The average Bonchev–Trinajstić information content (AvgIpc) is 2.77. The first kappa shape index (κ1) is 24.9. The topological polar surface area (TPSA) is 84.0 Å². The van der Waals surface area contributed by atoms with Gasteiger partial charge in [0, 0.05) is 26.7 Å². The molecule has 178 valence electrons. The summed E-state index contributed by atoms with van der Waals surface area (Å²) in [5.41, 5.74) is 3.47. The van der Waals surface area contributed by atoms with Crippen LogP contribution in [0.3, 0.4) is 0 Å². The molecule has 1 heterocycles. The van der Waals surface area contributed by atoms with Crippen LogP contribution in [0.2, 0.25) is 0 Å². The molecule has 0 spiro atoms. The van der Waals surface area contributed by atoms with E-state index in [2.05, 4.69) is 0 Å². The highest BCUT2D eigenvalue weighted by molar-refractivity contribution is 7.89. The van der Waals surface area contributed by atoms with Gasteiger partial charge < -0.3 is 9.64 Å². The monoisotopic (exact) mass is 472 g/mol. The lowest BCUT2D eigenvalue weighted by atomic mass is 9.98. The molecule has 8 heteroatoms. The van der Waals surface area contributed by atoms with E-state index in [1.807, 2.05) is 63.2 Å². The number of hydrogen-bond acceptors (Lipinski definition) is 5. The van der Waals surface area contributed by atoms with Crippen molar-refractivity contribution in [2.24, 2.45) is 5.92 Å². The summed E-state index contributed by atoms with van der Waals surface area (Å²) in [5.74, 6) is -1.14. The van der Waals surface area contributed by atoms with Gasteiger partial charge in [-0.1, -0.05) is 48.0 Å². The summed E-state index contributed by atoms with van der Waals surface area (Å²) >= 11 is 0. The lowest BCUT2D eigenvalue weighted by Gasteiger charge is -2.31. The second kappa shape index (κ2) is 10.5. The van der Waals surface area contributed by atoms with Crippen LogP contribution in [0.5, 0.6) is 0 Å². The number of carbonyl (C=O) groups is 2. The van der Waals surface area contributed by atoms with Gasteiger partial charge in [0.25, 0.3) is 5.91 Å². The molecule has 0 radical (unpaired) electrons. The maximum Gasteiger partial charge on any atom is 0.309 e. The van der Waals surface area contributed by atoms with Gasteiger partial charge in [-0.05, 0) is 50.3 Å². The lowest BCUT2D eigenvalue weighted by Crippen LogP contribution is -2.41. The van der Waals surface area contributed by atoms with Crippen molar-refractivity contribution in [3.63, 3.8) is 0 Å². The van der Waals surface area contributed by atoms with Crippen molar-refractivity contribution >= 4 is 21.9 Å². The van der Waals surface area contributed by atoms with E-state index in [4.69, 9.17) is 4.74 Å². The van der Waals surface area contributed by atoms with Gasteiger partial charge in [-0.25, -0.2) is 8.42 Å². The van der Waals surface area contributed by atoms with Crippen LogP contribution in [0.25, 0.3) is 0 Å². The second-order valence-corrected chi connectivity index (χ2v) is 10.6. The molecule has 1 amide bonds. The molecule has 3 rings (SSSR count). The fourth-order valence-electron chi connectivity index (χ4n) is 4.34. The van der Waals surface area contributed by atoms with Gasteiger partial charge in [-0.3, -0.25) is 9.59 Å². The Morgan fingerprint density at radius 3 is 2.18 bits per heavy atom. The van der Waals surface area contributed by atoms with Crippen molar-refractivity contribution in [2.75, 3.05) is 26.7 Å². The molecule has 1 aliphatic rings. The highest BCUT2D eigenvalue weighted by Crippen LogP contribution is 2.29. The van der Waals surface area contributed by atoms with Crippen molar-refractivity contribution in [2.45, 2.75) is 45.1 Å². The van der Waals surface area contributed by atoms with E-state index in [-0.39, 0.29) is 25.6 Å². The fraction of sp³-hybridized carbons (Fsp3) is 0.440. The molecule has 0 aromatic heterocycles. The summed E-state index contributed by atoms with van der Waals surface area (Å²) in [5, 5.41) is 0. The standard InChI is InChI=1S/C25H32N2O5S/c1-18-14-19(2)24(20(3)15-18)33(30,31)27-12-10-22(11-13-27)25(29)32-17-23(28)26(4)16-21-8-6-5-7-9-21/h5-9,14-15,22H,10-13,16-17H2,1-4H3. The first-order valence-corrected chi connectivity index (χ1v) is 12.6. The van der Waals surface area contributed by atoms with Crippen LogP contribution in [0.15, 0.2) is 47.4 Å². The van der Waals surface area contributed by atoms with Gasteiger partial charge in [-0.2, -0.15) is 4.31 Å². The number of likely N-dealkylation sites (N-methyl/N-ethyl adjacent to an activating group) is 1. The molecule has 1 saturated heterocycles. The first-order chi connectivity index (χ1) is 15.6. The van der Waals surface area contributed by atoms with E-state index < -0.39 is 21.9 Å². The number of aryl methyl sites for hydroxylation is 3. The van der Waals surface area contributed by atoms with Crippen molar-refractivity contribution < 1.29 is 22.7 Å². The molecule has 0 atom stereocenters. The smallest absolute Gasteiger partial charge is 0.309 e. The average molecular weight is 473 g/mol. The Labute approximate surface area is 196 Å². The van der Waals surface area contributed by atoms with E-state index in [1.165, 1.54) is 9.21 Å². The quantitative estimate of drug-likeness (QED) is 0.578. The molecule has 7 nitrogen and oxygen atoms in total. The molecule has 0 N–H and O–H groups in total. The van der Waals surface area contributed by atoms with Crippen molar-refractivity contribution in [1.29, 1.82) is 0 Å². The number of esters is 1. The molecular formula is C25H32N2O5S. The van der Waals surface area contributed by atoms with Gasteiger partial charge >= 0.3 is 5.97 Å². The van der Waals surface area contributed by atoms with Crippen LogP contribution in [0.4, 0.5) is 0 Å². The molecule has 33 heavy (non-hydrogen) atoms. The number of hydrogen-bond donors (Lipinski definition) is 0. The zero-order chi connectivity index (χ0) is 24.2. The van der Waals surface area contributed by atoms with Gasteiger partial charge in [0.15, 0.2) is 6.61 Å². The third-order valence-electron chi connectivity index (χ3n) is 6.02. The van der Waals surface area contributed by atoms with Crippen LogP contribution in [-0.2, 0) is 30.9 Å². The Hall–Kier alpha value is -2.71. The van der Waals surface area contributed by atoms with Crippen LogP contribution >= 0.6 is 0 Å². The minimum atomic E-state index is -3.64. The summed E-state index contributed by atoms with van der Waals surface area (Å²) in [6, 6.07) is 13.3. The zero-order valence-corrected chi connectivity index (χ0v) is 20.5. The summed E-state index contributed by atoms with van der Waals surface area (Å²) in [7, 11) is -1.97. The number of benzene rings is 2. The number of piperidine rings is 1. The highest BCUT2D eigenvalue weighted by Gasteiger charge is 2.34. The van der Waals surface area contributed by atoms with Gasteiger partial charge in [0.2, 0.25) is 10.0 Å². The van der Waals surface area contributed by atoms with Crippen LogP contribution in [0, 0.1) is 26.7 Å². The highest BCUT2D eigenvalue weighted by atomic mass is 32.2. The number of amides is 1. The number of rotatable bonds is 7. The van der Waals surface area contributed by atoms with E-state index >= 15 is 0 Å². The fourth-order valence-corrected chi connectivity index (χ4v) is 6.22. The third kappa shape index (κ3) is 6.00. The maximum atomic E-state index is 13.2. The van der Waals surface area contributed by atoms with Crippen LogP contribution in [-0.4, -0.2) is 56.2 Å². The lowest BCUT2D eigenvalue weighted by molar-refractivity contribution is -0.156. The SMILES string of the molecule is Cc1cc(C)c(S(=O)(=O)N2CCC(C(=O)OCC(=O)N(C)Cc3ccccc3)CC2)c(C)c1. The van der Waals surface area contributed by atoms with Crippen LogP contribution in [0.1, 0.15) is 35.1 Å². The second-order valence-electron chi connectivity index (χ2n) is 8.75. The summed E-state index contributed by atoms with van der Waals surface area (Å²) < 4.78 is 33.1. The van der Waals surface area contributed by atoms with Gasteiger partial charge in [0.05, 0.1) is 10.8 Å². The van der Waals surface area contributed by atoms with Crippen molar-refractivity contribution in [3.05, 3.63) is 64.7 Å².